The van der Waals surface area contributed by atoms with E-state index in [0.29, 0.717) is 13.2 Å². The predicted molar refractivity (Wildman–Crippen MR) is 68.7 cm³/mol. The maximum Gasteiger partial charge on any atom is 0.125 e. The quantitative estimate of drug-likeness (QED) is 0.901. The molecule has 90 valence electrons. The van der Waals surface area contributed by atoms with Crippen LogP contribution in [0.4, 0.5) is 0 Å². The monoisotopic (exact) mass is 249 g/mol. The van der Waals surface area contributed by atoms with E-state index in [1.54, 1.807) is 24.6 Å². The standard InChI is InChI=1S/C12H15N3OS/c1-8-3-4-14-6-9(8)12-15-10(7-16-2)11(5-13)17-12/h3-4,6H,5,7,13H2,1-2H3. The van der Waals surface area contributed by atoms with Gasteiger partial charge in [0.1, 0.15) is 5.01 Å². The smallest absolute Gasteiger partial charge is 0.125 e. The lowest BCUT2D eigenvalue weighted by atomic mass is 10.2. The van der Waals surface area contributed by atoms with Gasteiger partial charge in [0.2, 0.25) is 0 Å². The Morgan fingerprint density at radius 2 is 2.29 bits per heavy atom. The Balaban J connectivity index is 2.43. The topological polar surface area (TPSA) is 61.0 Å². The summed E-state index contributed by atoms with van der Waals surface area (Å²) >= 11 is 1.61. The Morgan fingerprint density at radius 3 is 2.94 bits per heavy atom. The molecule has 5 heteroatoms. The Hall–Kier alpha value is -1.30. The van der Waals surface area contributed by atoms with Crippen LogP contribution in [0.2, 0.25) is 0 Å². The van der Waals surface area contributed by atoms with Crippen LogP contribution < -0.4 is 5.73 Å². The number of thiazole rings is 1. The molecule has 0 amide bonds. The summed E-state index contributed by atoms with van der Waals surface area (Å²) in [5, 5.41) is 0.961. The summed E-state index contributed by atoms with van der Waals surface area (Å²) in [5.41, 5.74) is 8.87. The molecule has 0 spiro atoms. The summed E-state index contributed by atoms with van der Waals surface area (Å²) in [5.74, 6) is 0. The Morgan fingerprint density at radius 1 is 1.47 bits per heavy atom. The first kappa shape index (κ1) is 12.2. The first-order valence-electron chi connectivity index (χ1n) is 5.34. The highest BCUT2D eigenvalue weighted by atomic mass is 32.1. The molecule has 2 heterocycles. The highest BCUT2D eigenvalue weighted by Crippen LogP contribution is 2.29. The lowest BCUT2D eigenvalue weighted by molar-refractivity contribution is 0.181. The molecule has 2 aromatic rings. The zero-order valence-corrected chi connectivity index (χ0v) is 10.8. The van der Waals surface area contributed by atoms with Gasteiger partial charge in [0.15, 0.2) is 0 Å². The summed E-state index contributed by atoms with van der Waals surface area (Å²) in [7, 11) is 1.66. The normalized spacial score (nSPS) is 10.8. The predicted octanol–water partition coefficient (Wildman–Crippen LogP) is 2.12. The van der Waals surface area contributed by atoms with Crippen molar-refractivity contribution in [2.24, 2.45) is 5.73 Å². The summed E-state index contributed by atoms with van der Waals surface area (Å²) in [6, 6.07) is 1.98. The van der Waals surface area contributed by atoms with E-state index in [4.69, 9.17) is 10.5 Å². The number of rotatable bonds is 4. The van der Waals surface area contributed by atoms with Crippen LogP contribution in [0.5, 0.6) is 0 Å². The van der Waals surface area contributed by atoms with Gasteiger partial charge in [-0.15, -0.1) is 11.3 Å². The minimum absolute atomic E-state index is 0.496. The van der Waals surface area contributed by atoms with Crippen molar-refractivity contribution in [1.29, 1.82) is 0 Å². The largest absolute Gasteiger partial charge is 0.378 e. The second kappa shape index (κ2) is 5.35. The van der Waals surface area contributed by atoms with Gasteiger partial charge in [0.05, 0.1) is 12.3 Å². The number of aromatic nitrogens is 2. The van der Waals surface area contributed by atoms with E-state index in [1.165, 1.54) is 5.56 Å². The molecule has 0 unspecified atom stereocenters. The fourth-order valence-corrected chi connectivity index (χ4v) is 2.61. The molecule has 0 fully saturated rings. The first-order valence-corrected chi connectivity index (χ1v) is 6.16. The van der Waals surface area contributed by atoms with Crippen LogP contribution >= 0.6 is 11.3 Å². The van der Waals surface area contributed by atoms with Crippen LogP contribution in [0.25, 0.3) is 10.6 Å². The van der Waals surface area contributed by atoms with Crippen LogP contribution in [0.3, 0.4) is 0 Å². The van der Waals surface area contributed by atoms with Gasteiger partial charge in [-0.25, -0.2) is 4.98 Å². The lowest BCUT2D eigenvalue weighted by Crippen LogP contribution is -1.99. The average Bonchev–Trinajstić information content (AvgIpc) is 2.73. The molecule has 0 bridgehead atoms. The van der Waals surface area contributed by atoms with Gasteiger partial charge in [-0.1, -0.05) is 0 Å². The van der Waals surface area contributed by atoms with Crippen molar-refractivity contribution in [3.8, 4) is 10.6 Å². The third kappa shape index (κ3) is 2.52. The molecule has 2 N–H and O–H groups in total. The lowest BCUT2D eigenvalue weighted by Gasteiger charge is -1.99. The summed E-state index contributed by atoms with van der Waals surface area (Å²) in [4.78, 5) is 9.79. The SMILES string of the molecule is COCc1nc(-c2cnccc2C)sc1CN. The van der Waals surface area contributed by atoms with Crippen molar-refractivity contribution >= 4 is 11.3 Å². The number of methoxy groups -OCH3 is 1. The third-order valence-corrected chi connectivity index (χ3v) is 3.67. The summed E-state index contributed by atoms with van der Waals surface area (Å²) < 4.78 is 5.12. The number of nitrogens with zero attached hydrogens (tertiary/aromatic N) is 2. The van der Waals surface area contributed by atoms with Gasteiger partial charge in [0.25, 0.3) is 0 Å². The van der Waals surface area contributed by atoms with Crippen LogP contribution in [0.1, 0.15) is 16.1 Å². The van der Waals surface area contributed by atoms with Crippen molar-refractivity contribution in [1.82, 2.24) is 9.97 Å². The van der Waals surface area contributed by atoms with Crippen molar-refractivity contribution in [3.63, 3.8) is 0 Å². The summed E-state index contributed by atoms with van der Waals surface area (Å²) in [6.45, 7) is 3.05. The van der Waals surface area contributed by atoms with E-state index in [2.05, 4.69) is 16.9 Å². The van der Waals surface area contributed by atoms with Gasteiger partial charge in [-0.2, -0.15) is 0 Å². The highest BCUT2D eigenvalue weighted by Gasteiger charge is 2.12. The Bertz CT molecular complexity index is 510. The number of aryl methyl sites for hydroxylation is 1. The third-order valence-electron chi connectivity index (χ3n) is 2.51. The minimum Gasteiger partial charge on any atom is -0.378 e. The number of hydrogen-bond acceptors (Lipinski definition) is 5. The molecular weight excluding hydrogens is 234 g/mol. The van der Waals surface area contributed by atoms with Crippen LogP contribution in [0, 0.1) is 6.92 Å². The van der Waals surface area contributed by atoms with Crippen LogP contribution in [-0.4, -0.2) is 17.1 Å². The van der Waals surface area contributed by atoms with E-state index in [9.17, 15) is 0 Å². The molecular formula is C12H15N3OS. The highest BCUT2D eigenvalue weighted by molar-refractivity contribution is 7.15. The van der Waals surface area contributed by atoms with Crippen molar-refractivity contribution in [3.05, 3.63) is 34.6 Å². The zero-order valence-electron chi connectivity index (χ0n) is 9.93. The molecule has 0 aromatic carbocycles. The van der Waals surface area contributed by atoms with Gasteiger partial charge in [-0.05, 0) is 18.6 Å². The second-order valence-corrected chi connectivity index (χ2v) is 4.80. The van der Waals surface area contributed by atoms with Crippen molar-refractivity contribution in [2.45, 2.75) is 20.1 Å². The number of ether oxygens (including phenoxy) is 1. The second-order valence-electron chi connectivity index (χ2n) is 3.72. The fourth-order valence-electron chi connectivity index (χ4n) is 1.60. The van der Waals surface area contributed by atoms with Crippen molar-refractivity contribution in [2.75, 3.05) is 7.11 Å². The maximum atomic E-state index is 5.71. The van der Waals surface area contributed by atoms with E-state index in [0.717, 1.165) is 21.1 Å². The van der Waals surface area contributed by atoms with Crippen LogP contribution in [0.15, 0.2) is 18.5 Å². The molecule has 0 saturated heterocycles. The Kier molecular flexibility index (Phi) is 3.83. The van der Waals surface area contributed by atoms with Gasteiger partial charge in [-0.3, -0.25) is 4.98 Å². The Labute approximate surface area is 104 Å². The molecule has 2 rings (SSSR count). The number of nitrogens with two attached hydrogens (primary N) is 1. The molecule has 0 saturated carbocycles. The molecule has 0 aliphatic rings. The van der Waals surface area contributed by atoms with Gasteiger partial charge < -0.3 is 10.5 Å². The van der Waals surface area contributed by atoms with E-state index < -0.39 is 0 Å². The van der Waals surface area contributed by atoms with Gasteiger partial charge in [0, 0.05) is 36.5 Å². The molecule has 0 radical (unpaired) electrons. The number of hydrogen-bond donors (Lipinski definition) is 1. The molecule has 0 atom stereocenters. The number of pyridine rings is 1. The molecule has 4 nitrogen and oxygen atoms in total. The molecule has 2 aromatic heterocycles. The molecule has 17 heavy (non-hydrogen) atoms. The molecule has 0 aliphatic heterocycles. The van der Waals surface area contributed by atoms with Crippen molar-refractivity contribution < 1.29 is 4.74 Å². The van der Waals surface area contributed by atoms with E-state index >= 15 is 0 Å². The summed E-state index contributed by atoms with van der Waals surface area (Å²) in [6.07, 6.45) is 3.62. The first-order chi connectivity index (χ1) is 8.26. The van der Waals surface area contributed by atoms with Gasteiger partial charge >= 0.3 is 0 Å². The maximum absolute atomic E-state index is 5.71. The fraction of sp³-hybridized carbons (Fsp3) is 0.333. The van der Waals surface area contributed by atoms with Crippen LogP contribution in [-0.2, 0) is 17.9 Å². The average molecular weight is 249 g/mol. The zero-order chi connectivity index (χ0) is 12.3. The van der Waals surface area contributed by atoms with E-state index in [1.807, 2.05) is 12.3 Å². The minimum atomic E-state index is 0.496. The van der Waals surface area contributed by atoms with E-state index in [-0.39, 0.29) is 0 Å². The molecule has 0 aliphatic carbocycles.